The van der Waals surface area contributed by atoms with E-state index in [2.05, 4.69) is 19.2 Å². The molecule has 1 aromatic rings. The van der Waals surface area contributed by atoms with E-state index in [0.29, 0.717) is 0 Å². The van der Waals surface area contributed by atoms with Gasteiger partial charge in [0.05, 0.1) is 18.5 Å². The summed E-state index contributed by atoms with van der Waals surface area (Å²) in [6.45, 7) is 4.15. The smallest absolute Gasteiger partial charge is 0.305 e. The zero-order valence-corrected chi connectivity index (χ0v) is 12.6. The van der Waals surface area contributed by atoms with Gasteiger partial charge >= 0.3 is 5.97 Å². The van der Waals surface area contributed by atoms with Crippen molar-refractivity contribution in [3.05, 3.63) is 35.9 Å². The first-order valence-corrected chi connectivity index (χ1v) is 7.32. The van der Waals surface area contributed by atoms with Crippen LogP contribution >= 0.6 is 0 Å². The first-order chi connectivity index (χ1) is 9.99. The van der Waals surface area contributed by atoms with Crippen molar-refractivity contribution in [2.45, 2.75) is 45.2 Å². The van der Waals surface area contributed by atoms with Gasteiger partial charge in [0.1, 0.15) is 0 Å². The summed E-state index contributed by atoms with van der Waals surface area (Å²) in [6.07, 6.45) is 1.48. The van der Waals surface area contributed by atoms with Crippen molar-refractivity contribution in [3.63, 3.8) is 0 Å². The highest BCUT2D eigenvalue weighted by Crippen LogP contribution is 2.27. The van der Waals surface area contributed by atoms with E-state index in [1.807, 2.05) is 30.3 Å². The highest BCUT2D eigenvalue weighted by molar-refractivity contribution is 5.86. The Morgan fingerprint density at radius 1 is 1.19 bits per heavy atom. The van der Waals surface area contributed by atoms with E-state index < -0.39 is 17.9 Å². The predicted molar refractivity (Wildman–Crippen MR) is 81.6 cm³/mol. The lowest BCUT2D eigenvalue weighted by molar-refractivity contribution is -0.139. The van der Waals surface area contributed by atoms with E-state index in [0.717, 1.165) is 18.4 Å². The molecule has 1 amide bonds. The number of nitrogens with one attached hydrogen (secondary N) is 1. The summed E-state index contributed by atoms with van der Waals surface area (Å²) in [4.78, 5) is 22.8. The fraction of sp³-hybridized carbons (Fsp3) is 0.500. The van der Waals surface area contributed by atoms with Gasteiger partial charge in [-0.05, 0) is 11.5 Å². The summed E-state index contributed by atoms with van der Waals surface area (Å²) >= 11 is 0. The second-order valence-electron chi connectivity index (χ2n) is 5.18. The molecule has 0 heterocycles. The van der Waals surface area contributed by atoms with Gasteiger partial charge in [-0.3, -0.25) is 9.59 Å². The lowest BCUT2D eigenvalue weighted by Crippen LogP contribution is -2.45. The second kappa shape index (κ2) is 8.42. The van der Waals surface area contributed by atoms with Crippen LogP contribution in [-0.2, 0) is 9.59 Å². The van der Waals surface area contributed by atoms with Crippen molar-refractivity contribution < 1.29 is 14.7 Å². The lowest BCUT2D eigenvalue weighted by atomic mass is 9.88. The number of carbonyl (C=O) groups excluding carboxylic acids is 1. The quantitative estimate of drug-likeness (QED) is 0.684. The molecule has 1 rings (SSSR count). The van der Waals surface area contributed by atoms with Gasteiger partial charge < -0.3 is 16.2 Å². The number of carboxylic acid groups (broad SMARTS) is 1. The first kappa shape index (κ1) is 17.2. The zero-order valence-electron chi connectivity index (χ0n) is 12.6. The van der Waals surface area contributed by atoms with Gasteiger partial charge in [0.25, 0.3) is 0 Å². The van der Waals surface area contributed by atoms with E-state index in [-0.39, 0.29) is 18.4 Å². The van der Waals surface area contributed by atoms with E-state index in [4.69, 9.17) is 10.8 Å². The number of nitrogens with two attached hydrogens (primary N) is 1. The molecular weight excluding hydrogens is 268 g/mol. The van der Waals surface area contributed by atoms with Crippen molar-refractivity contribution >= 4 is 11.9 Å². The van der Waals surface area contributed by atoms with Crippen molar-refractivity contribution in [1.29, 1.82) is 0 Å². The minimum Gasteiger partial charge on any atom is -0.481 e. The molecule has 0 aromatic heterocycles. The average molecular weight is 292 g/mol. The number of hydrogen-bond acceptors (Lipinski definition) is 3. The van der Waals surface area contributed by atoms with Crippen LogP contribution in [-0.4, -0.2) is 23.0 Å². The Morgan fingerprint density at radius 3 is 2.24 bits per heavy atom. The summed E-state index contributed by atoms with van der Waals surface area (Å²) in [5.74, 6) is -1.21. The van der Waals surface area contributed by atoms with Gasteiger partial charge in [-0.2, -0.15) is 0 Å². The molecule has 5 heteroatoms. The van der Waals surface area contributed by atoms with Crippen LogP contribution in [0, 0.1) is 5.92 Å². The fourth-order valence-corrected chi connectivity index (χ4v) is 2.43. The topological polar surface area (TPSA) is 92.4 Å². The Morgan fingerprint density at radius 2 is 1.76 bits per heavy atom. The molecule has 0 aliphatic heterocycles. The molecule has 1 aromatic carbocycles. The Bertz CT molecular complexity index is 458. The van der Waals surface area contributed by atoms with Crippen molar-refractivity contribution in [2.24, 2.45) is 11.7 Å². The standard InChI is InChI=1S/C16H24N2O3/c1-3-11(4-2)15(12-8-6-5-7-9-12)18-16(21)13(17)10-14(19)20/h5-9,11,13,15H,3-4,10,17H2,1-2H3,(H,18,21)(H,19,20). The fourth-order valence-electron chi connectivity index (χ4n) is 2.43. The highest BCUT2D eigenvalue weighted by Gasteiger charge is 2.25. The SMILES string of the molecule is CCC(CC)C(NC(=O)C(N)CC(=O)O)c1ccccc1. The van der Waals surface area contributed by atoms with Crippen LogP contribution in [0.4, 0.5) is 0 Å². The summed E-state index contributed by atoms with van der Waals surface area (Å²) in [6, 6.07) is 8.53. The van der Waals surface area contributed by atoms with Crippen LogP contribution in [0.25, 0.3) is 0 Å². The molecule has 5 nitrogen and oxygen atoms in total. The summed E-state index contributed by atoms with van der Waals surface area (Å²) in [7, 11) is 0. The van der Waals surface area contributed by atoms with E-state index in [1.165, 1.54) is 0 Å². The van der Waals surface area contributed by atoms with Crippen molar-refractivity contribution in [3.8, 4) is 0 Å². The van der Waals surface area contributed by atoms with Crippen LogP contribution in [0.15, 0.2) is 30.3 Å². The number of rotatable bonds is 8. The molecule has 4 N–H and O–H groups in total. The van der Waals surface area contributed by atoms with Crippen molar-refractivity contribution in [1.82, 2.24) is 5.32 Å². The molecule has 2 unspecified atom stereocenters. The molecule has 0 bridgehead atoms. The number of hydrogen-bond donors (Lipinski definition) is 3. The Kier molecular flexibility index (Phi) is 6.88. The van der Waals surface area contributed by atoms with Gasteiger partial charge in [0.2, 0.25) is 5.91 Å². The summed E-state index contributed by atoms with van der Waals surface area (Å²) in [5.41, 5.74) is 6.65. The van der Waals surface area contributed by atoms with Gasteiger partial charge in [-0.25, -0.2) is 0 Å². The average Bonchev–Trinajstić information content (AvgIpc) is 2.47. The monoisotopic (exact) mass is 292 g/mol. The van der Waals surface area contributed by atoms with Gasteiger partial charge in [0.15, 0.2) is 0 Å². The maximum Gasteiger partial charge on any atom is 0.305 e. The largest absolute Gasteiger partial charge is 0.481 e. The molecule has 0 aliphatic carbocycles. The van der Waals surface area contributed by atoms with Gasteiger partial charge in [-0.1, -0.05) is 57.0 Å². The third-order valence-corrected chi connectivity index (χ3v) is 3.71. The normalized spacial score (nSPS) is 13.7. The Labute approximate surface area is 125 Å². The first-order valence-electron chi connectivity index (χ1n) is 7.32. The highest BCUT2D eigenvalue weighted by atomic mass is 16.4. The number of carboxylic acids is 1. The summed E-state index contributed by atoms with van der Waals surface area (Å²) in [5, 5.41) is 11.6. The van der Waals surface area contributed by atoms with Gasteiger partial charge in [0, 0.05) is 0 Å². The van der Waals surface area contributed by atoms with E-state index >= 15 is 0 Å². The Hall–Kier alpha value is -1.88. The molecule has 21 heavy (non-hydrogen) atoms. The Balaban J connectivity index is 2.88. The molecule has 0 saturated carbocycles. The van der Waals surface area contributed by atoms with Gasteiger partial charge in [-0.15, -0.1) is 0 Å². The predicted octanol–water partition coefficient (Wildman–Crippen LogP) is 2.08. The molecule has 0 spiro atoms. The zero-order chi connectivity index (χ0) is 15.8. The minimum atomic E-state index is -1.07. The minimum absolute atomic E-state index is 0.145. The number of benzene rings is 1. The molecule has 116 valence electrons. The third kappa shape index (κ3) is 5.19. The third-order valence-electron chi connectivity index (χ3n) is 3.71. The molecule has 0 fully saturated rings. The van der Waals surface area contributed by atoms with Crippen LogP contribution in [0.1, 0.15) is 44.7 Å². The second-order valence-corrected chi connectivity index (χ2v) is 5.18. The van der Waals surface area contributed by atoms with Crippen molar-refractivity contribution in [2.75, 3.05) is 0 Å². The van der Waals surface area contributed by atoms with E-state index in [9.17, 15) is 9.59 Å². The van der Waals surface area contributed by atoms with Crippen LogP contribution in [0.3, 0.4) is 0 Å². The molecule has 2 atom stereocenters. The molecule has 0 aliphatic rings. The van der Waals surface area contributed by atoms with E-state index in [1.54, 1.807) is 0 Å². The maximum absolute atomic E-state index is 12.1. The lowest BCUT2D eigenvalue weighted by Gasteiger charge is -2.28. The molecule has 0 saturated heterocycles. The maximum atomic E-state index is 12.1. The summed E-state index contributed by atoms with van der Waals surface area (Å²) < 4.78 is 0. The van der Waals surface area contributed by atoms with Crippen LogP contribution in [0.2, 0.25) is 0 Å². The molecular formula is C16H24N2O3. The number of aliphatic carboxylic acids is 1. The van der Waals surface area contributed by atoms with Crippen LogP contribution in [0.5, 0.6) is 0 Å². The van der Waals surface area contributed by atoms with Crippen LogP contribution < -0.4 is 11.1 Å². The number of amides is 1. The number of carbonyl (C=O) groups is 2. The molecule has 0 radical (unpaired) electrons.